The van der Waals surface area contributed by atoms with Crippen molar-refractivity contribution in [3.63, 3.8) is 0 Å². The Balaban J connectivity index is 0.000000201. The molecule has 2 aromatic rings. The number of aromatic nitrogens is 2. The summed E-state index contributed by atoms with van der Waals surface area (Å²) in [7, 11) is 0. The molecule has 4 atom stereocenters. The third kappa shape index (κ3) is 9.21. The van der Waals surface area contributed by atoms with E-state index < -0.39 is 22.4 Å². The van der Waals surface area contributed by atoms with Crippen molar-refractivity contribution in [2.24, 2.45) is 0 Å². The van der Waals surface area contributed by atoms with Gasteiger partial charge < -0.3 is 43.3 Å². The predicted molar refractivity (Wildman–Crippen MR) is 179 cm³/mol. The molecule has 0 bridgehead atoms. The zero-order chi connectivity index (χ0) is 35.2. The minimum absolute atomic E-state index is 0.209. The zero-order valence-electron chi connectivity index (χ0n) is 28.9. The minimum atomic E-state index is -0.595. The van der Waals surface area contributed by atoms with Gasteiger partial charge >= 0.3 is 12.2 Å². The van der Waals surface area contributed by atoms with Crippen molar-refractivity contribution >= 4 is 28.1 Å². The van der Waals surface area contributed by atoms with Crippen LogP contribution >= 0.6 is 15.9 Å². The van der Waals surface area contributed by atoms with E-state index in [9.17, 15) is 9.59 Å². The standard InChI is InChI=1S/C16H21BrN2O4.C16H22N2O4.C2H6O/c1-15(2,3)23-14(20)19-8-7-16(12(9-19)21-10-22-16)11-5-4-6-13(17)18-11;1-15(2,3)22-14(19)18-9-7-16(12-6-4-5-8-17-12)13(10-18)20-11-21-16;1-2-3/h4-6,12H,7-10H2,1-3H3;4-6,8,13H,7,9-11H2,1-3H3;3H,2H2,1H3/t12-,16-;13-,16-;/m11./s1. The summed E-state index contributed by atoms with van der Waals surface area (Å²) in [6.45, 7) is 15.5. The van der Waals surface area contributed by atoms with E-state index in [2.05, 4.69) is 25.9 Å². The van der Waals surface area contributed by atoms with Crippen LogP contribution in [-0.2, 0) is 39.6 Å². The van der Waals surface area contributed by atoms with Gasteiger partial charge in [-0.05, 0) is 88.7 Å². The number of piperidine rings is 2. The molecule has 6 heterocycles. The normalized spacial score (nSPS) is 26.6. The summed E-state index contributed by atoms with van der Waals surface area (Å²) in [6, 6.07) is 11.5. The fourth-order valence-electron chi connectivity index (χ4n) is 5.92. The van der Waals surface area contributed by atoms with Crippen LogP contribution in [0.1, 0.15) is 72.7 Å². The largest absolute Gasteiger partial charge is 0.444 e. The lowest BCUT2D eigenvalue weighted by molar-refractivity contribution is -0.0568. The number of carbonyl (C=O) groups is 2. The van der Waals surface area contributed by atoms with Crippen LogP contribution in [0, 0.1) is 0 Å². The topological polar surface area (TPSA) is 142 Å². The molecule has 4 aliphatic heterocycles. The molecule has 48 heavy (non-hydrogen) atoms. The molecule has 4 saturated heterocycles. The highest BCUT2D eigenvalue weighted by atomic mass is 79.9. The van der Waals surface area contributed by atoms with E-state index in [1.54, 1.807) is 22.9 Å². The SMILES string of the molecule is CC(C)(C)OC(=O)N1CC[C@]2(c3cccc(Br)n3)OCO[C@@H]2C1.CC(C)(C)OC(=O)N1CC[C@]2(c3ccccn3)OCO[C@@H]2C1.CCO. The number of halogens is 1. The molecule has 0 aromatic carbocycles. The molecule has 14 heteroatoms. The lowest BCUT2D eigenvalue weighted by atomic mass is 9.85. The van der Waals surface area contributed by atoms with Crippen LogP contribution in [-0.4, -0.2) is 107 Å². The number of rotatable bonds is 2. The van der Waals surface area contributed by atoms with Crippen LogP contribution in [0.25, 0.3) is 0 Å². The molecular weight excluding hydrogens is 688 g/mol. The molecule has 6 rings (SSSR count). The number of ether oxygens (including phenoxy) is 6. The molecule has 2 aromatic heterocycles. The van der Waals surface area contributed by atoms with Gasteiger partial charge in [-0.25, -0.2) is 14.6 Å². The first-order valence-corrected chi connectivity index (χ1v) is 17.0. The Morgan fingerprint density at radius 2 is 1.33 bits per heavy atom. The number of fused-ring (bicyclic) bond motifs is 2. The average molecular weight is 738 g/mol. The summed E-state index contributed by atoms with van der Waals surface area (Å²) in [6.07, 6.45) is 1.94. The second kappa shape index (κ2) is 15.8. The lowest BCUT2D eigenvalue weighted by Gasteiger charge is -2.41. The Hall–Kier alpha value is -2.88. The molecule has 266 valence electrons. The number of hydrogen-bond donors (Lipinski definition) is 1. The van der Waals surface area contributed by atoms with Crippen molar-refractivity contribution in [3.8, 4) is 0 Å². The quantitative estimate of drug-likeness (QED) is 0.399. The first-order chi connectivity index (χ1) is 22.6. The van der Waals surface area contributed by atoms with Gasteiger partial charge in [0.15, 0.2) is 0 Å². The zero-order valence-corrected chi connectivity index (χ0v) is 30.5. The van der Waals surface area contributed by atoms with Crippen LogP contribution in [0.4, 0.5) is 9.59 Å². The minimum Gasteiger partial charge on any atom is -0.444 e. The van der Waals surface area contributed by atoms with Gasteiger partial charge in [-0.3, -0.25) is 4.98 Å². The van der Waals surface area contributed by atoms with Gasteiger partial charge in [-0.1, -0.05) is 12.1 Å². The number of likely N-dealkylation sites (tertiary alicyclic amines) is 2. The van der Waals surface area contributed by atoms with Crippen LogP contribution in [0.2, 0.25) is 0 Å². The van der Waals surface area contributed by atoms with Crippen LogP contribution in [0.5, 0.6) is 0 Å². The van der Waals surface area contributed by atoms with Crippen molar-refractivity contribution in [2.75, 3.05) is 46.4 Å². The molecule has 0 radical (unpaired) electrons. The fraction of sp³-hybridized carbons (Fsp3) is 0.647. The molecule has 0 aliphatic carbocycles. The van der Waals surface area contributed by atoms with Gasteiger partial charge in [0.05, 0.1) is 24.5 Å². The molecule has 2 amide bonds. The van der Waals surface area contributed by atoms with Crippen LogP contribution in [0.3, 0.4) is 0 Å². The summed E-state index contributed by atoms with van der Waals surface area (Å²) in [5, 5.41) is 7.57. The number of amides is 2. The summed E-state index contributed by atoms with van der Waals surface area (Å²) >= 11 is 3.40. The lowest BCUT2D eigenvalue weighted by Crippen LogP contribution is -2.54. The van der Waals surface area contributed by atoms with E-state index >= 15 is 0 Å². The van der Waals surface area contributed by atoms with Gasteiger partial charge in [0, 0.05) is 38.7 Å². The maximum atomic E-state index is 12.3. The van der Waals surface area contributed by atoms with Crippen molar-refractivity contribution in [3.05, 3.63) is 58.6 Å². The fourth-order valence-corrected chi connectivity index (χ4v) is 6.27. The van der Waals surface area contributed by atoms with Gasteiger partial charge in [0.2, 0.25) is 0 Å². The van der Waals surface area contributed by atoms with Crippen LogP contribution in [0.15, 0.2) is 47.2 Å². The summed E-state index contributed by atoms with van der Waals surface area (Å²) < 4.78 is 34.9. The number of pyridine rings is 2. The highest BCUT2D eigenvalue weighted by molar-refractivity contribution is 9.10. The highest BCUT2D eigenvalue weighted by Crippen LogP contribution is 2.43. The summed E-state index contributed by atoms with van der Waals surface area (Å²) in [5.74, 6) is 0. The molecule has 0 unspecified atom stereocenters. The first-order valence-electron chi connectivity index (χ1n) is 16.2. The van der Waals surface area contributed by atoms with E-state index in [0.29, 0.717) is 39.0 Å². The Labute approximate surface area is 291 Å². The number of hydrogen-bond acceptors (Lipinski definition) is 11. The molecule has 0 saturated carbocycles. The van der Waals surface area contributed by atoms with E-state index in [4.69, 9.17) is 33.5 Å². The molecular formula is C34H49BrN4O9. The smallest absolute Gasteiger partial charge is 0.410 e. The molecule has 13 nitrogen and oxygen atoms in total. The van der Waals surface area contributed by atoms with E-state index in [0.717, 1.165) is 16.0 Å². The number of carbonyl (C=O) groups excluding carboxylic acids is 2. The van der Waals surface area contributed by atoms with Crippen molar-refractivity contribution < 1.29 is 43.1 Å². The molecule has 4 aliphatic rings. The van der Waals surface area contributed by atoms with Gasteiger partial charge in [-0.15, -0.1) is 0 Å². The number of nitrogens with zero attached hydrogens (tertiary/aromatic N) is 4. The van der Waals surface area contributed by atoms with Gasteiger partial charge in [0.1, 0.15) is 52.8 Å². The molecule has 1 N–H and O–H groups in total. The Bertz CT molecular complexity index is 1370. The van der Waals surface area contributed by atoms with Crippen molar-refractivity contribution in [2.45, 2.75) is 95.9 Å². The highest BCUT2D eigenvalue weighted by Gasteiger charge is 2.53. The first kappa shape index (κ1) is 37.9. The Morgan fingerprint density at radius 3 is 1.77 bits per heavy atom. The van der Waals surface area contributed by atoms with Crippen molar-refractivity contribution in [1.82, 2.24) is 19.8 Å². The maximum absolute atomic E-state index is 12.3. The Kier molecular flexibility index (Phi) is 12.5. The van der Waals surface area contributed by atoms with E-state index in [-0.39, 0.29) is 44.6 Å². The third-order valence-electron chi connectivity index (χ3n) is 8.04. The van der Waals surface area contributed by atoms with E-state index in [1.165, 1.54) is 0 Å². The third-order valence-corrected chi connectivity index (χ3v) is 8.48. The van der Waals surface area contributed by atoms with Gasteiger partial charge in [0.25, 0.3) is 0 Å². The second-order valence-corrected chi connectivity index (χ2v) is 14.7. The maximum Gasteiger partial charge on any atom is 0.410 e. The molecule has 0 spiro atoms. The van der Waals surface area contributed by atoms with E-state index in [1.807, 2.05) is 77.9 Å². The van der Waals surface area contributed by atoms with Crippen molar-refractivity contribution in [1.29, 1.82) is 0 Å². The monoisotopic (exact) mass is 736 g/mol. The number of aliphatic hydroxyl groups is 1. The second-order valence-electron chi connectivity index (χ2n) is 13.8. The van der Waals surface area contributed by atoms with Gasteiger partial charge in [-0.2, -0.15) is 0 Å². The Morgan fingerprint density at radius 1 is 0.854 bits per heavy atom. The summed E-state index contributed by atoms with van der Waals surface area (Å²) in [5.41, 5.74) is -0.466. The summed E-state index contributed by atoms with van der Waals surface area (Å²) in [4.78, 5) is 36.8. The average Bonchev–Trinajstić information content (AvgIpc) is 3.66. The number of aliphatic hydroxyl groups excluding tert-OH is 1. The van der Waals surface area contributed by atoms with Crippen LogP contribution < -0.4 is 0 Å². The molecule has 4 fully saturated rings. The predicted octanol–water partition coefficient (Wildman–Crippen LogP) is 5.34.